The van der Waals surface area contributed by atoms with Crippen molar-refractivity contribution < 1.29 is 9.53 Å². The van der Waals surface area contributed by atoms with Crippen LogP contribution in [0.2, 0.25) is 0 Å². The number of likely N-dealkylation sites (N-methyl/N-ethyl adjacent to an activating group) is 2. The molecule has 0 aliphatic carbocycles. The lowest BCUT2D eigenvalue weighted by Gasteiger charge is -2.35. The summed E-state index contributed by atoms with van der Waals surface area (Å²) in [6.45, 7) is 8.00. The lowest BCUT2D eigenvalue weighted by Crippen LogP contribution is -2.58. The molecule has 1 aliphatic rings. The first-order valence-corrected chi connectivity index (χ1v) is 6.63. The molecule has 0 aromatic rings. The number of nitrogens with zero attached hydrogens (tertiary/aromatic N) is 2. The quantitative estimate of drug-likeness (QED) is 0.727. The largest absolute Gasteiger partial charge is 0.468 e. The molecule has 0 amide bonds. The van der Waals surface area contributed by atoms with Gasteiger partial charge in [0.05, 0.1) is 7.11 Å². The topological polar surface area (TPSA) is 44.8 Å². The third-order valence-corrected chi connectivity index (χ3v) is 3.89. The highest BCUT2D eigenvalue weighted by atomic mass is 16.5. The smallest absolute Gasteiger partial charge is 0.327 e. The fourth-order valence-electron chi connectivity index (χ4n) is 2.53. The van der Waals surface area contributed by atoms with Crippen molar-refractivity contribution in [1.29, 1.82) is 0 Å². The number of methoxy groups -OCH3 is 1. The van der Waals surface area contributed by atoms with E-state index in [0.29, 0.717) is 12.6 Å². The van der Waals surface area contributed by atoms with Crippen LogP contribution in [-0.4, -0.2) is 74.7 Å². The molecule has 1 fully saturated rings. The van der Waals surface area contributed by atoms with E-state index in [0.717, 1.165) is 26.1 Å². The zero-order valence-corrected chi connectivity index (χ0v) is 12.3. The second-order valence-electron chi connectivity index (χ2n) is 5.51. The Balaban J connectivity index is 2.71. The molecule has 2 atom stereocenters. The summed E-state index contributed by atoms with van der Waals surface area (Å²) in [4.78, 5) is 16.6. The van der Waals surface area contributed by atoms with Crippen molar-refractivity contribution in [3.63, 3.8) is 0 Å². The number of nitrogens with one attached hydrogen (secondary N) is 1. The maximum atomic E-state index is 11.9. The van der Waals surface area contributed by atoms with Crippen LogP contribution in [0.1, 0.15) is 20.3 Å². The predicted octanol–water partition coefficient (Wildman–Crippen LogP) is 0.164. The lowest BCUT2D eigenvalue weighted by molar-refractivity contribution is -0.148. The third-order valence-electron chi connectivity index (χ3n) is 3.89. The molecule has 0 spiro atoms. The summed E-state index contributed by atoms with van der Waals surface area (Å²) < 4.78 is 4.90. The zero-order valence-electron chi connectivity index (χ0n) is 12.3. The highest BCUT2D eigenvalue weighted by Gasteiger charge is 2.36. The van der Waals surface area contributed by atoms with Gasteiger partial charge in [-0.1, -0.05) is 0 Å². The van der Waals surface area contributed by atoms with Gasteiger partial charge in [0.25, 0.3) is 0 Å². The number of carbonyl (C=O) groups excluding carboxylic acids is 1. The Morgan fingerprint density at radius 2 is 2.17 bits per heavy atom. The summed E-state index contributed by atoms with van der Waals surface area (Å²) in [5.41, 5.74) is -0.633. The van der Waals surface area contributed by atoms with Crippen molar-refractivity contribution in [2.24, 2.45) is 0 Å². The van der Waals surface area contributed by atoms with E-state index in [1.54, 1.807) is 0 Å². The van der Waals surface area contributed by atoms with Gasteiger partial charge < -0.3 is 15.0 Å². The summed E-state index contributed by atoms with van der Waals surface area (Å²) in [7, 11) is 5.40. The monoisotopic (exact) mass is 257 g/mol. The van der Waals surface area contributed by atoms with Crippen LogP contribution >= 0.6 is 0 Å². The van der Waals surface area contributed by atoms with Gasteiger partial charge in [-0.15, -0.1) is 0 Å². The molecule has 2 unspecified atom stereocenters. The van der Waals surface area contributed by atoms with Crippen molar-refractivity contribution in [1.82, 2.24) is 15.1 Å². The fraction of sp³-hybridized carbons (Fsp3) is 0.923. The van der Waals surface area contributed by atoms with E-state index in [1.807, 2.05) is 14.0 Å². The SMILES string of the molecule is CNC(C)(CN1CCCN(C)CC1C)C(=O)OC. The minimum absolute atomic E-state index is 0.199. The Hall–Kier alpha value is -0.650. The van der Waals surface area contributed by atoms with E-state index in [1.165, 1.54) is 7.11 Å². The van der Waals surface area contributed by atoms with Crippen LogP contribution in [-0.2, 0) is 9.53 Å². The Kier molecular flexibility index (Phi) is 5.56. The molecule has 0 bridgehead atoms. The molecular formula is C13H27N3O2. The van der Waals surface area contributed by atoms with Gasteiger partial charge in [0, 0.05) is 19.1 Å². The molecule has 1 N–H and O–H groups in total. The lowest BCUT2D eigenvalue weighted by atomic mass is 10.0. The molecule has 5 nitrogen and oxygen atoms in total. The normalized spacial score (nSPS) is 26.4. The van der Waals surface area contributed by atoms with Gasteiger partial charge in [0.2, 0.25) is 0 Å². The molecule has 1 rings (SSSR count). The average molecular weight is 257 g/mol. The molecule has 1 saturated heterocycles. The van der Waals surface area contributed by atoms with E-state index in [9.17, 15) is 4.79 Å². The summed E-state index contributed by atoms with van der Waals surface area (Å²) in [6, 6.07) is 0.454. The van der Waals surface area contributed by atoms with E-state index >= 15 is 0 Å². The zero-order chi connectivity index (χ0) is 13.8. The van der Waals surface area contributed by atoms with E-state index in [2.05, 4.69) is 29.1 Å². The molecule has 0 aromatic heterocycles. The van der Waals surface area contributed by atoms with E-state index < -0.39 is 5.54 Å². The number of carbonyl (C=O) groups is 1. The summed E-state index contributed by atoms with van der Waals surface area (Å²) >= 11 is 0. The molecule has 106 valence electrons. The highest BCUT2D eigenvalue weighted by Crippen LogP contribution is 2.15. The second-order valence-corrected chi connectivity index (χ2v) is 5.51. The summed E-state index contributed by atoms with van der Waals surface area (Å²) in [5.74, 6) is -0.199. The molecule has 1 heterocycles. The number of esters is 1. The first-order chi connectivity index (χ1) is 8.42. The van der Waals surface area contributed by atoms with Crippen molar-refractivity contribution in [3.05, 3.63) is 0 Å². The molecule has 0 saturated carbocycles. The Morgan fingerprint density at radius 1 is 1.50 bits per heavy atom. The van der Waals surface area contributed by atoms with Crippen LogP contribution in [0.25, 0.3) is 0 Å². The standard InChI is InChI=1S/C13H27N3O2/c1-11-9-15(4)7-6-8-16(11)10-13(2,14-3)12(17)18-5/h11,14H,6-10H2,1-5H3. The van der Waals surface area contributed by atoms with Crippen molar-refractivity contribution >= 4 is 5.97 Å². The molecule has 0 radical (unpaired) electrons. The number of ether oxygens (including phenoxy) is 1. The van der Waals surface area contributed by atoms with Crippen molar-refractivity contribution in [2.75, 3.05) is 47.4 Å². The van der Waals surface area contributed by atoms with Gasteiger partial charge in [-0.3, -0.25) is 9.69 Å². The van der Waals surface area contributed by atoms with Gasteiger partial charge in [0.15, 0.2) is 0 Å². The molecule has 5 heteroatoms. The first-order valence-electron chi connectivity index (χ1n) is 6.63. The third kappa shape index (κ3) is 3.67. The highest BCUT2D eigenvalue weighted by molar-refractivity contribution is 5.80. The summed E-state index contributed by atoms with van der Waals surface area (Å²) in [5, 5.41) is 3.10. The maximum Gasteiger partial charge on any atom is 0.327 e. The van der Waals surface area contributed by atoms with E-state index in [-0.39, 0.29) is 5.97 Å². The summed E-state index contributed by atoms with van der Waals surface area (Å²) in [6.07, 6.45) is 1.14. The van der Waals surface area contributed by atoms with Crippen molar-refractivity contribution in [2.45, 2.75) is 31.8 Å². The number of hydrogen-bond donors (Lipinski definition) is 1. The second kappa shape index (κ2) is 6.50. The van der Waals surface area contributed by atoms with Crippen LogP contribution in [0.15, 0.2) is 0 Å². The predicted molar refractivity (Wildman–Crippen MR) is 72.6 cm³/mol. The van der Waals surface area contributed by atoms with Crippen LogP contribution in [0.3, 0.4) is 0 Å². The molecule has 1 aliphatic heterocycles. The van der Waals surface area contributed by atoms with Crippen LogP contribution in [0.4, 0.5) is 0 Å². The Morgan fingerprint density at radius 3 is 2.72 bits per heavy atom. The van der Waals surface area contributed by atoms with E-state index in [4.69, 9.17) is 4.74 Å². The van der Waals surface area contributed by atoms with Crippen LogP contribution in [0.5, 0.6) is 0 Å². The first kappa shape index (κ1) is 15.4. The minimum atomic E-state index is -0.633. The van der Waals surface area contributed by atoms with Crippen LogP contribution < -0.4 is 5.32 Å². The Bertz CT molecular complexity index is 285. The van der Waals surface area contributed by atoms with Gasteiger partial charge in [-0.05, 0) is 47.5 Å². The molecule has 18 heavy (non-hydrogen) atoms. The van der Waals surface area contributed by atoms with Gasteiger partial charge >= 0.3 is 5.97 Å². The number of hydrogen-bond acceptors (Lipinski definition) is 5. The van der Waals surface area contributed by atoms with Gasteiger partial charge in [-0.2, -0.15) is 0 Å². The van der Waals surface area contributed by atoms with Gasteiger partial charge in [0.1, 0.15) is 5.54 Å². The fourth-order valence-corrected chi connectivity index (χ4v) is 2.53. The molecular weight excluding hydrogens is 230 g/mol. The maximum absolute atomic E-state index is 11.9. The Labute approximate surface area is 110 Å². The average Bonchev–Trinajstić information content (AvgIpc) is 2.50. The van der Waals surface area contributed by atoms with Gasteiger partial charge in [-0.25, -0.2) is 0 Å². The molecule has 0 aromatic carbocycles. The van der Waals surface area contributed by atoms with Crippen LogP contribution in [0, 0.1) is 0 Å². The van der Waals surface area contributed by atoms with Crippen molar-refractivity contribution in [3.8, 4) is 0 Å². The minimum Gasteiger partial charge on any atom is -0.468 e. The number of rotatable bonds is 4.